The Morgan fingerprint density at radius 2 is 1.68 bits per heavy atom. The Hall–Kier alpha value is -0.820. The summed E-state index contributed by atoms with van der Waals surface area (Å²) in [7, 11) is 0. The third-order valence-corrected chi connectivity index (χ3v) is 3.90. The van der Waals surface area contributed by atoms with Gasteiger partial charge in [0.15, 0.2) is 0 Å². The van der Waals surface area contributed by atoms with Crippen molar-refractivity contribution in [3.05, 3.63) is 35.4 Å². The van der Waals surface area contributed by atoms with E-state index in [-0.39, 0.29) is 0 Å². The lowest BCUT2D eigenvalue weighted by atomic mass is 9.76. The molecule has 0 saturated carbocycles. The zero-order valence-electron chi connectivity index (χ0n) is 13.6. The molecule has 1 heteroatoms. The first-order valence-corrected chi connectivity index (χ1v) is 7.56. The van der Waals surface area contributed by atoms with Crippen molar-refractivity contribution >= 4 is 0 Å². The van der Waals surface area contributed by atoms with Gasteiger partial charge >= 0.3 is 0 Å². The second kappa shape index (κ2) is 7.09. The van der Waals surface area contributed by atoms with Crippen molar-refractivity contribution in [2.45, 2.75) is 48.0 Å². The molecule has 1 N–H and O–H groups in total. The zero-order chi connectivity index (χ0) is 14.5. The van der Waals surface area contributed by atoms with Gasteiger partial charge in [0.05, 0.1) is 0 Å². The maximum Gasteiger partial charge on any atom is -0.00122 e. The highest BCUT2D eigenvalue weighted by Gasteiger charge is 2.24. The quantitative estimate of drug-likeness (QED) is 0.798. The minimum atomic E-state index is 0.340. The highest BCUT2D eigenvalue weighted by molar-refractivity contribution is 5.26. The second-order valence-electron chi connectivity index (χ2n) is 7.25. The van der Waals surface area contributed by atoms with E-state index >= 15 is 0 Å². The molecule has 0 amide bonds. The lowest BCUT2D eigenvalue weighted by Gasteiger charge is -2.32. The molecule has 0 spiro atoms. The molecular formula is C18H31N. The van der Waals surface area contributed by atoms with Crippen molar-refractivity contribution in [3.63, 3.8) is 0 Å². The van der Waals surface area contributed by atoms with Gasteiger partial charge < -0.3 is 5.32 Å². The average molecular weight is 261 g/mol. The Morgan fingerprint density at radius 1 is 1.05 bits per heavy atom. The average Bonchev–Trinajstić information content (AvgIpc) is 2.28. The monoisotopic (exact) mass is 261 g/mol. The largest absolute Gasteiger partial charge is 0.316 e. The van der Waals surface area contributed by atoms with E-state index in [1.54, 1.807) is 0 Å². The van der Waals surface area contributed by atoms with E-state index < -0.39 is 0 Å². The van der Waals surface area contributed by atoms with Crippen molar-refractivity contribution in [2.24, 2.45) is 17.3 Å². The van der Waals surface area contributed by atoms with Gasteiger partial charge in [-0.2, -0.15) is 0 Å². The zero-order valence-corrected chi connectivity index (χ0v) is 13.6. The SMILES string of the molecule is Cc1ccccc1CC(CNCC(C)C)C(C)(C)C. The summed E-state index contributed by atoms with van der Waals surface area (Å²) >= 11 is 0. The minimum absolute atomic E-state index is 0.340. The van der Waals surface area contributed by atoms with Crippen molar-refractivity contribution in [3.8, 4) is 0 Å². The normalized spacial score (nSPS) is 13.8. The number of nitrogens with one attached hydrogen (secondary N) is 1. The molecule has 1 unspecified atom stereocenters. The Labute approximate surface area is 119 Å². The molecule has 0 aliphatic carbocycles. The summed E-state index contributed by atoms with van der Waals surface area (Å²) in [5, 5.41) is 3.63. The highest BCUT2D eigenvalue weighted by atomic mass is 14.9. The lowest BCUT2D eigenvalue weighted by Crippen LogP contribution is -2.35. The molecule has 19 heavy (non-hydrogen) atoms. The lowest BCUT2D eigenvalue weighted by molar-refractivity contribution is 0.228. The molecule has 1 rings (SSSR count). The highest BCUT2D eigenvalue weighted by Crippen LogP contribution is 2.29. The van der Waals surface area contributed by atoms with E-state index in [2.05, 4.69) is 71.1 Å². The van der Waals surface area contributed by atoms with Crippen LogP contribution in [-0.4, -0.2) is 13.1 Å². The molecule has 1 aromatic rings. The van der Waals surface area contributed by atoms with Crippen LogP contribution in [0.15, 0.2) is 24.3 Å². The van der Waals surface area contributed by atoms with Crippen LogP contribution in [0.5, 0.6) is 0 Å². The minimum Gasteiger partial charge on any atom is -0.316 e. The van der Waals surface area contributed by atoms with Gasteiger partial charge in [-0.3, -0.25) is 0 Å². The Kier molecular flexibility index (Phi) is 6.06. The van der Waals surface area contributed by atoms with Gasteiger partial charge in [-0.25, -0.2) is 0 Å². The summed E-state index contributed by atoms with van der Waals surface area (Å²) in [6.07, 6.45) is 1.17. The molecule has 0 aromatic heterocycles. The first-order chi connectivity index (χ1) is 8.80. The number of benzene rings is 1. The van der Waals surface area contributed by atoms with Crippen LogP contribution < -0.4 is 5.32 Å². The van der Waals surface area contributed by atoms with Crippen LogP contribution in [0.2, 0.25) is 0 Å². The van der Waals surface area contributed by atoms with E-state index in [1.165, 1.54) is 17.5 Å². The van der Waals surface area contributed by atoms with Crippen LogP contribution in [0.4, 0.5) is 0 Å². The van der Waals surface area contributed by atoms with Gasteiger partial charge in [-0.15, -0.1) is 0 Å². The van der Waals surface area contributed by atoms with Gasteiger partial charge in [0.25, 0.3) is 0 Å². The van der Waals surface area contributed by atoms with Crippen LogP contribution in [-0.2, 0) is 6.42 Å². The Morgan fingerprint density at radius 3 is 2.21 bits per heavy atom. The molecule has 0 radical (unpaired) electrons. The van der Waals surface area contributed by atoms with E-state index in [9.17, 15) is 0 Å². The predicted molar refractivity (Wildman–Crippen MR) is 85.5 cm³/mol. The van der Waals surface area contributed by atoms with Gasteiger partial charge in [0.1, 0.15) is 0 Å². The van der Waals surface area contributed by atoms with E-state index in [4.69, 9.17) is 0 Å². The topological polar surface area (TPSA) is 12.0 Å². The molecule has 0 aliphatic rings. The van der Waals surface area contributed by atoms with Crippen LogP contribution in [0.25, 0.3) is 0 Å². The second-order valence-corrected chi connectivity index (χ2v) is 7.25. The summed E-state index contributed by atoms with van der Waals surface area (Å²) in [6, 6.07) is 8.78. The third-order valence-electron chi connectivity index (χ3n) is 3.90. The molecular weight excluding hydrogens is 230 g/mol. The van der Waals surface area contributed by atoms with Crippen molar-refractivity contribution < 1.29 is 0 Å². The Bertz CT molecular complexity index is 374. The van der Waals surface area contributed by atoms with Crippen molar-refractivity contribution in [1.82, 2.24) is 5.32 Å². The van der Waals surface area contributed by atoms with Crippen molar-refractivity contribution in [1.29, 1.82) is 0 Å². The van der Waals surface area contributed by atoms with Crippen LogP contribution in [0.1, 0.15) is 45.7 Å². The Balaban J connectivity index is 2.68. The first-order valence-electron chi connectivity index (χ1n) is 7.56. The summed E-state index contributed by atoms with van der Waals surface area (Å²) in [4.78, 5) is 0. The molecule has 108 valence electrons. The number of aryl methyl sites for hydroxylation is 1. The van der Waals surface area contributed by atoms with Gasteiger partial charge in [-0.05, 0) is 54.8 Å². The number of rotatable bonds is 6. The fraction of sp³-hybridized carbons (Fsp3) is 0.667. The predicted octanol–water partition coefficient (Wildman–Crippen LogP) is 4.45. The molecule has 0 aliphatic heterocycles. The van der Waals surface area contributed by atoms with Crippen LogP contribution in [0.3, 0.4) is 0 Å². The maximum atomic E-state index is 3.63. The standard InChI is InChI=1S/C18H31N/c1-14(2)12-19-13-17(18(4,5)6)11-16-10-8-7-9-15(16)3/h7-10,14,17,19H,11-13H2,1-6H3. The van der Waals surface area contributed by atoms with E-state index in [1.807, 2.05) is 0 Å². The van der Waals surface area contributed by atoms with Gasteiger partial charge in [0.2, 0.25) is 0 Å². The number of hydrogen-bond acceptors (Lipinski definition) is 1. The summed E-state index contributed by atoms with van der Waals surface area (Å²) < 4.78 is 0. The smallest absolute Gasteiger partial charge is 0.00122 e. The van der Waals surface area contributed by atoms with Gasteiger partial charge in [-0.1, -0.05) is 58.9 Å². The summed E-state index contributed by atoms with van der Waals surface area (Å²) in [5.41, 5.74) is 3.25. The molecule has 0 heterocycles. The van der Waals surface area contributed by atoms with E-state index in [0.717, 1.165) is 19.0 Å². The van der Waals surface area contributed by atoms with Crippen LogP contribution >= 0.6 is 0 Å². The van der Waals surface area contributed by atoms with Gasteiger partial charge in [0, 0.05) is 0 Å². The first kappa shape index (κ1) is 16.2. The summed E-state index contributed by atoms with van der Waals surface area (Å²) in [5.74, 6) is 1.39. The molecule has 0 bridgehead atoms. The number of hydrogen-bond donors (Lipinski definition) is 1. The molecule has 1 aromatic carbocycles. The van der Waals surface area contributed by atoms with E-state index in [0.29, 0.717) is 11.3 Å². The van der Waals surface area contributed by atoms with Crippen molar-refractivity contribution in [2.75, 3.05) is 13.1 Å². The fourth-order valence-corrected chi connectivity index (χ4v) is 2.34. The molecule has 1 nitrogen and oxygen atoms in total. The summed E-state index contributed by atoms with van der Waals surface area (Å²) in [6.45, 7) is 16.0. The third kappa shape index (κ3) is 5.78. The molecule has 1 atom stereocenters. The fourth-order valence-electron chi connectivity index (χ4n) is 2.34. The maximum absolute atomic E-state index is 3.63. The molecule has 0 saturated heterocycles. The molecule has 0 fully saturated rings. The van der Waals surface area contributed by atoms with Crippen LogP contribution in [0, 0.1) is 24.2 Å².